The van der Waals surface area contributed by atoms with Crippen molar-refractivity contribution in [1.82, 2.24) is 9.80 Å². The van der Waals surface area contributed by atoms with Crippen molar-refractivity contribution >= 4 is 12.0 Å². The molecule has 5 heteroatoms. The number of urea groups is 1. The van der Waals surface area contributed by atoms with Crippen LogP contribution >= 0.6 is 0 Å². The van der Waals surface area contributed by atoms with Crippen LogP contribution in [0.3, 0.4) is 0 Å². The minimum absolute atomic E-state index is 0.136. The second-order valence-electron chi connectivity index (χ2n) is 4.58. The number of amides is 2. The molecule has 0 aliphatic heterocycles. The van der Waals surface area contributed by atoms with Gasteiger partial charge in [-0.3, -0.25) is 4.79 Å². The molecule has 1 rings (SSSR count). The van der Waals surface area contributed by atoms with Crippen molar-refractivity contribution in [3.05, 3.63) is 0 Å². The largest absolute Gasteiger partial charge is 0.480 e. The number of rotatable bonds is 7. The van der Waals surface area contributed by atoms with Gasteiger partial charge in [0.25, 0.3) is 0 Å². The second-order valence-corrected chi connectivity index (χ2v) is 4.58. The molecule has 1 aliphatic carbocycles. The van der Waals surface area contributed by atoms with Crippen molar-refractivity contribution in [3.63, 3.8) is 0 Å². The highest BCUT2D eigenvalue weighted by atomic mass is 16.4. The van der Waals surface area contributed by atoms with E-state index in [0.717, 1.165) is 19.3 Å². The molecule has 0 aromatic carbocycles. The Morgan fingerprint density at radius 2 is 1.88 bits per heavy atom. The van der Waals surface area contributed by atoms with E-state index in [1.54, 1.807) is 4.90 Å². The topological polar surface area (TPSA) is 60.9 Å². The fraction of sp³-hybridized carbons (Fsp3) is 0.833. The first kappa shape index (κ1) is 13.8. The highest BCUT2D eigenvalue weighted by Gasteiger charge is 2.29. The zero-order valence-electron chi connectivity index (χ0n) is 10.7. The summed E-state index contributed by atoms with van der Waals surface area (Å²) in [5, 5.41) is 8.84. The molecule has 0 atom stereocenters. The third-order valence-electron chi connectivity index (χ3n) is 2.92. The van der Waals surface area contributed by atoms with Crippen molar-refractivity contribution in [2.45, 2.75) is 33.1 Å². The first-order valence-electron chi connectivity index (χ1n) is 6.34. The van der Waals surface area contributed by atoms with Crippen molar-refractivity contribution in [1.29, 1.82) is 0 Å². The van der Waals surface area contributed by atoms with E-state index in [4.69, 9.17) is 5.11 Å². The van der Waals surface area contributed by atoms with Gasteiger partial charge in [-0.1, -0.05) is 6.92 Å². The molecule has 0 heterocycles. The number of carbonyl (C=O) groups excluding carboxylic acids is 1. The van der Waals surface area contributed by atoms with Crippen LogP contribution in [0.15, 0.2) is 0 Å². The van der Waals surface area contributed by atoms with Crippen LogP contribution in [-0.4, -0.2) is 53.1 Å². The van der Waals surface area contributed by atoms with E-state index in [0.29, 0.717) is 25.6 Å². The van der Waals surface area contributed by atoms with Gasteiger partial charge in [0.15, 0.2) is 0 Å². The number of carboxylic acid groups (broad SMARTS) is 1. The summed E-state index contributed by atoms with van der Waals surface area (Å²) < 4.78 is 0. The van der Waals surface area contributed by atoms with E-state index < -0.39 is 5.97 Å². The average Bonchev–Trinajstić information content (AvgIpc) is 3.07. The summed E-state index contributed by atoms with van der Waals surface area (Å²) >= 11 is 0. The van der Waals surface area contributed by atoms with Gasteiger partial charge in [-0.05, 0) is 32.1 Å². The number of carboxylic acids is 1. The maximum Gasteiger partial charge on any atom is 0.323 e. The minimum atomic E-state index is -0.938. The molecular formula is C12H22N2O3. The Balaban J connectivity index is 2.58. The molecule has 0 aromatic heterocycles. The Kier molecular flexibility index (Phi) is 5.25. The highest BCUT2D eigenvalue weighted by Crippen LogP contribution is 2.29. The normalized spacial score (nSPS) is 14.5. The monoisotopic (exact) mass is 242 g/mol. The Bertz CT molecular complexity index is 277. The standard InChI is InChI=1S/C12H22N2O3/c1-3-7-13(4-2)12(17)14(9-11(15)16)8-10-5-6-10/h10H,3-9H2,1-2H3,(H,15,16). The molecule has 98 valence electrons. The van der Waals surface area contributed by atoms with Gasteiger partial charge in [0.1, 0.15) is 6.54 Å². The maximum atomic E-state index is 12.2. The fourth-order valence-corrected chi connectivity index (χ4v) is 1.84. The molecule has 2 amide bonds. The van der Waals surface area contributed by atoms with E-state index in [-0.39, 0.29) is 12.6 Å². The van der Waals surface area contributed by atoms with Crippen LogP contribution in [0.2, 0.25) is 0 Å². The van der Waals surface area contributed by atoms with Crippen molar-refractivity contribution in [2.24, 2.45) is 5.92 Å². The zero-order chi connectivity index (χ0) is 12.8. The number of carbonyl (C=O) groups is 2. The lowest BCUT2D eigenvalue weighted by Gasteiger charge is -2.28. The first-order chi connectivity index (χ1) is 8.08. The lowest BCUT2D eigenvalue weighted by Crippen LogP contribution is -2.46. The Morgan fingerprint density at radius 1 is 1.24 bits per heavy atom. The predicted molar refractivity (Wildman–Crippen MR) is 64.9 cm³/mol. The quantitative estimate of drug-likeness (QED) is 0.738. The lowest BCUT2D eigenvalue weighted by atomic mass is 10.3. The molecule has 17 heavy (non-hydrogen) atoms. The molecule has 0 saturated heterocycles. The summed E-state index contributed by atoms with van der Waals surface area (Å²) in [5.41, 5.74) is 0. The predicted octanol–water partition coefficient (Wildman–Crippen LogP) is 1.63. The third-order valence-corrected chi connectivity index (χ3v) is 2.92. The summed E-state index contributed by atoms with van der Waals surface area (Å²) in [6, 6.07) is -0.136. The number of hydrogen-bond acceptors (Lipinski definition) is 2. The van der Waals surface area contributed by atoms with Gasteiger partial charge in [0, 0.05) is 19.6 Å². The summed E-state index contributed by atoms with van der Waals surface area (Å²) in [6.45, 7) is 5.66. The SMILES string of the molecule is CCCN(CC)C(=O)N(CC(=O)O)CC1CC1. The van der Waals surface area contributed by atoms with Crippen LogP contribution < -0.4 is 0 Å². The van der Waals surface area contributed by atoms with Crippen molar-refractivity contribution in [2.75, 3.05) is 26.2 Å². The summed E-state index contributed by atoms with van der Waals surface area (Å²) in [4.78, 5) is 26.1. The smallest absolute Gasteiger partial charge is 0.323 e. The zero-order valence-corrected chi connectivity index (χ0v) is 10.7. The molecule has 1 N–H and O–H groups in total. The van der Waals surface area contributed by atoms with Crippen molar-refractivity contribution < 1.29 is 14.7 Å². The van der Waals surface area contributed by atoms with Gasteiger partial charge in [-0.25, -0.2) is 4.79 Å². The van der Waals surface area contributed by atoms with Crippen LogP contribution in [0.25, 0.3) is 0 Å². The van der Waals surface area contributed by atoms with Crippen LogP contribution in [-0.2, 0) is 4.79 Å². The molecule has 1 fully saturated rings. The second kappa shape index (κ2) is 6.47. The Labute approximate surface area is 102 Å². The molecular weight excluding hydrogens is 220 g/mol. The molecule has 0 aromatic rings. The molecule has 1 aliphatic rings. The third kappa shape index (κ3) is 4.63. The molecule has 0 radical (unpaired) electrons. The Hall–Kier alpha value is -1.26. The van der Waals surface area contributed by atoms with E-state index in [1.165, 1.54) is 4.90 Å². The van der Waals surface area contributed by atoms with Crippen molar-refractivity contribution in [3.8, 4) is 0 Å². The van der Waals surface area contributed by atoms with Gasteiger partial charge in [0.05, 0.1) is 0 Å². The van der Waals surface area contributed by atoms with Gasteiger partial charge >= 0.3 is 12.0 Å². The number of nitrogens with zero attached hydrogens (tertiary/aromatic N) is 2. The van der Waals surface area contributed by atoms with Crippen LogP contribution in [0.4, 0.5) is 4.79 Å². The summed E-state index contributed by atoms with van der Waals surface area (Å²) in [7, 11) is 0. The molecule has 1 saturated carbocycles. The first-order valence-corrected chi connectivity index (χ1v) is 6.34. The van der Waals surface area contributed by atoms with Gasteiger partial charge in [-0.2, -0.15) is 0 Å². The average molecular weight is 242 g/mol. The lowest BCUT2D eigenvalue weighted by molar-refractivity contribution is -0.137. The summed E-state index contributed by atoms with van der Waals surface area (Å²) in [6.07, 6.45) is 3.12. The number of aliphatic carboxylic acids is 1. The van der Waals surface area contributed by atoms with Crippen LogP contribution in [0.5, 0.6) is 0 Å². The molecule has 5 nitrogen and oxygen atoms in total. The van der Waals surface area contributed by atoms with Gasteiger partial charge in [-0.15, -0.1) is 0 Å². The van der Waals surface area contributed by atoms with E-state index in [1.807, 2.05) is 13.8 Å². The van der Waals surface area contributed by atoms with E-state index in [9.17, 15) is 9.59 Å². The fourth-order valence-electron chi connectivity index (χ4n) is 1.84. The van der Waals surface area contributed by atoms with Crippen LogP contribution in [0.1, 0.15) is 33.1 Å². The van der Waals surface area contributed by atoms with E-state index >= 15 is 0 Å². The summed E-state index contributed by atoms with van der Waals surface area (Å²) in [5.74, 6) is -0.426. The maximum absolute atomic E-state index is 12.2. The van der Waals surface area contributed by atoms with Gasteiger partial charge < -0.3 is 14.9 Å². The molecule has 0 unspecified atom stereocenters. The highest BCUT2D eigenvalue weighted by molar-refractivity contribution is 5.80. The van der Waals surface area contributed by atoms with E-state index in [2.05, 4.69) is 0 Å². The van der Waals surface area contributed by atoms with Gasteiger partial charge in [0.2, 0.25) is 0 Å². The number of hydrogen-bond donors (Lipinski definition) is 1. The molecule has 0 spiro atoms. The minimum Gasteiger partial charge on any atom is -0.480 e. The van der Waals surface area contributed by atoms with Crippen LogP contribution in [0, 0.1) is 5.92 Å². The Morgan fingerprint density at radius 3 is 2.29 bits per heavy atom. The molecule has 0 bridgehead atoms.